The third kappa shape index (κ3) is 4.22. The maximum Gasteiger partial charge on any atom is 0.416 e. The predicted molar refractivity (Wildman–Crippen MR) is 93.8 cm³/mol. The van der Waals surface area contributed by atoms with Crippen LogP contribution in [0.1, 0.15) is 16.5 Å². The van der Waals surface area contributed by atoms with Gasteiger partial charge < -0.3 is 10.2 Å². The number of nitrogens with one attached hydrogen (secondary N) is 1. The van der Waals surface area contributed by atoms with Crippen molar-refractivity contribution >= 4 is 35.1 Å². The normalized spacial score (nSPS) is 17.6. The lowest BCUT2D eigenvalue weighted by molar-refractivity contribution is -0.137. The van der Waals surface area contributed by atoms with E-state index in [4.69, 9.17) is 11.6 Å². The lowest BCUT2D eigenvalue weighted by Crippen LogP contribution is -2.34. The van der Waals surface area contributed by atoms with Gasteiger partial charge >= 0.3 is 12.2 Å². The fourth-order valence-corrected chi connectivity index (χ4v) is 3.90. The van der Waals surface area contributed by atoms with Gasteiger partial charge in [-0.05, 0) is 42.0 Å². The Labute approximate surface area is 152 Å². The highest BCUT2D eigenvalue weighted by molar-refractivity contribution is 7.99. The van der Waals surface area contributed by atoms with Gasteiger partial charge in [-0.15, -0.1) is 11.8 Å². The Morgan fingerprint density at radius 1 is 1.12 bits per heavy atom. The van der Waals surface area contributed by atoms with Crippen LogP contribution in [-0.2, 0) is 6.18 Å². The van der Waals surface area contributed by atoms with Crippen molar-refractivity contribution < 1.29 is 18.0 Å². The van der Waals surface area contributed by atoms with Gasteiger partial charge in [0.2, 0.25) is 0 Å². The predicted octanol–water partition coefficient (Wildman–Crippen LogP) is 5.64. The van der Waals surface area contributed by atoms with Crippen LogP contribution in [0, 0.1) is 0 Å². The molecular formula is C17H14ClF3N2OS. The largest absolute Gasteiger partial charge is 0.416 e. The number of benzene rings is 2. The Morgan fingerprint density at radius 2 is 1.76 bits per heavy atom. The number of hydrogen-bond acceptors (Lipinski definition) is 2. The number of rotatable bonds is 2. The lowest BCUT2D eigenvalue weighted by Gasteiger charge is -2.24. The van der Waals surface area contributed by atoms with Crippen molar-refractivity contribution in [3.63, 3.8) is 0 Å². The Hall–Kier alpha value is -1.86. The van der Waals surface area contributed by atoms with Gasteiger partial charge in [-0.25, -0.2) is 4.79 Å². The van der Waals surface area contributed by atoms with Crippen LogP contribution in [0.3, 0.4) is 0 Å². The summed E-state index contributed by atoms with van der Waals surface area (Å²) in [6.45, 7) is 0.524. The summed E-state index contributed by atoms with van der Waals surface area (Å²) >= 11 is 7.34. The van der Waals surface area contributed by atoms with Crippen molar-refractivity contribution in [3.05, 3.63) is 64.7 Å². The van der Waals surface area contributed by atoms with E-state index in [0.717, 1.165) is 17.9 Å². The zero-order valence-corrected chi connectivity index (χ0v) is 14.5. The standard InChI is InChI=1S/C17H14ClF3N2OS/c18-13-5-7-14(8-6-13)22-16(24)23-9-10-25-15(23)11-1-3-12(4-2-11)17(19,20)21/h1-8,15H,9-10H2,(H,22,24)/t15-/m0/s1. The number of alkyl halides is 3. The van der Waals surface area contributed by atoms with Crippen molar-refractivity contribution in [2.24, 2.45) is 0 Å². The molecule has 0 spiro atoms. The third-order valence-corrected chi connectivity index (χ3v) is 5.28. The summed E-state index contributed by atoms with van der Waals surface area (Å²) in [6.07, 6.45) is -4.37. The van der Waals surface area contributed by atoms with E-state index in [-0.39, 0.29) is 11.4 Å². The first-order valence-corrected chi connectivity index (χ1v) is 8.89. The number of carbonyl (C=O) groups excluding carboxylic acids is 1. The van der Waals surface area contributed by atoms with E-state index in [1.165, 1.54) is 23.9 Å². The molecule has 1 saturated heterocycles. The number of amides is 2. The quantitative estimate of drug-likeness (QED) is 0.724. The lowest BCUT2D eigenvalue weighted by atomic mass is 10.1. The SMILES string of the molecule is O=C(Nc1ccc(Cl)cc1)N1CCS[C@H]1c1ccc(C(F)(F)F)cc1. The molecule has 0 radical (unpaired) electrons. The van der Waals surface area contributed by atoms with Gasteiger partial charge in [-0.1, -0.05) is 23.7 Å². The van der Waals surface area contributed by atoms with Gasteiger partial charge in [0.25, 0.3) is 0 Å². The minimum atomic E-state index is -4.37. The maximum atomic E-state index is 12.7. The van der Waals surface area contributed by atoms with E-state index in [1.54, 1.807) is 29.2 Å². The third-order valence-electron chi connectivity index (χ3n) is 3.77. The van der Waals surface area contributed by atoms with Crippen LogP contribution in [0.25, 0.3) is 0 Å². The zero-order chi connectivity index (χ0) is 18.0. The van der Waals surface area contributed by atoms with Crippen molar-refractivity contribution in [1.82, 2.24) is 4.90 Å². The molecule has 1 aliphatic heterocycles. The van der Waals surface area contributed by atoms with Crippen LogP contribution in [0.15, 0.2) is 48.5 Å². The first-order valence-electron chi connectivity index (χ1n) is 7.46. The molecule has 0 unspecified atom stereocenters. The highest BCUT2D eigenvalue weighted by Gasteiger charge is 2.33. The van der Waals surface area contributed by atoms with Crippen molar-refractivity contribution in [2.75, 3.05) is 17.6 Å². The molecule has 2 aromatic rings. The van der Waals surface area contributed by atoms with E-state index in [2.05, 4.69) is 5.32 Å². The smallest absolute Gasteiger partial charge is 0.308 e. The summed E-state index contributed by atoms with van der Waals surface area (Å²) in [5.41, 5.74) is 0.579. The molecule has 2 aromatic carbocycles. The molecule has 1 aliphatic rings. The number of anilines is 1. The summed E-state index contributed by atoms with van der Waals surface area (Å²) in [5, 5.41) is 3.04. The van der Waals surface area contributed by atoms with E-state index in [9.17, 15) is 18.0 Å². The summed E-state index contributed by atoms with van der Waals surface area (Å²) < 4.78 is 38.0. The van der Waals surface area contributed by atoms with Crippen LogP contribution >= 0.6 is 23.4 Å². The average molecular weight is 387 g/mol. The number of halogens is 4. The second kappa shape index (κ2) is 7.17. The van der Waals surface area contributed by atoms with E-state index in [1.807, 2.05) is 0 Å². The number of nitrogens with zero attached hydrogens (tertiary/aromatic N) is 1. The van der Waals surface area contributed by atoms with Gasteiger partial charge in [0.1, 0.15) is 5.37 Å². The van der Waals surface area contributed by atoms with E-state index >= 15 is 0 Å². The molecular weight excluding hydrogens is 373 g/mol. The molecule has 0 bridgehead atoms. The average Bonchev–Trinajstić information content (AvgIpc) is 3.06. The van der Waals surface area contributed by atoms with Crippen LogP contribution < -0.4 is 5.32 Å². The van der Waals surface area contributed by atoms with Crippen molar-refractivity contribution in [1.29, 1.82) is 0 Å². The first-order chi connectivity index (χ1) is 11.8. The molecule has 0 aliphatic carbocycles. The van der Waals surface area contributed by atoms with Crippen molar-refractivity contribution in [3.8, 4) is 0 Å². The minimum Gasteiger partial charge on any atom is -0.308 e. The number of urea groups is 1. The van der Waals surface area contributed by atoms with Gasteiger partial charge in [-0.3, -0.25) is 0 Å². The van der Waals surface area contributed by atoms with E-state index < -0.39 is 11.7 Å². The molecule has 0 saturated carbocycles. The van der Waals surface area contributed by atoms with Crippen LogP contribution in [0.2, 0.25) is 5.02 Å². The molecule has 2 amide bonds. The molecule has 25 heavy (non-hydrogen) atoms. The monoisotopic (exact) mass is 386 g/mol. The second-order valence-electron chi connectivity index (χ2n) is 5.47. The fraction of sp³-hybridized carbons (Fsp3) is 0.235. The maximum absolute atomic E-state index is 12.7. The molecule has 0 aromatic heterocycles. The highest BCUT2D eigenvalue weighted by atomic mass is 35.5. The van der Waals surface area contributed by atoms with Gasteiger partial charge in [0, 0.05) is 23.0 Å². The summed E-state index contributed by atoms with van der Waals surface area (Å²) in [7, 11) is 0. The molecule has 1 N–H and O–H groups in total. The molecule has 3 nitrogen and oxygen atoms in total. The second-order valence-corrected chi connectivity index (χ2v) is 7.10. The van der Waals surface area contributed by atoms with Gasteiger partial charge in [-0.2, -0.15) is 13.2 Å². The molecule has 3 rings (SSSR count). The number of thioether (sulfide) groups is 1. The highest BCUT2D eigenvalue weighted by Crippen LogP contribution is 2.39. The van der Waals surface area contributed by atoms with Gasteiger partial charge in [0.15, 0.2) is 0 Å². The Morgan fingerprint density at radius 3 is 2.36 bits per heavy atom. The minimum absolute atomic E-state index is 0.294. The van der Waals surface area contributed by atoms with E-state index in [0.29, 0.717) is 22.8 Å². The Bertz CT molecular complexity index is 750. The van der Waals surface area contributed by atoms with Crippen molar-refractivity contribution in [2.45, 2.75) is 11.6 Å². The number of carbonyl (C=O) groups is 1. The molecule has 1 fully saturated rings. The van der Waals surface area contributed by atoms with Crippen LogP contribution in [0.5, 0.6) is 0 Å². The first kappa shape index (κ1) is 17.9. The fourth-order valence-electron chi connectivity index (χ4n) is 2.52. The summed E-state index contributed by atoms with van der Waals surface area (Å²) in [6, 6.07) is 11.4. The van der Waals surface area contributed by atoms with Crippen LogP contribution in [0.4, 0.5) is 23.7 Å². The molecule has 8 heteroatoms. The topological polar surface area (TPSA) is 32.3 Å². The Kier molecular flexibility index (Phi) is 5.15. The van der Waals surface area contributed by atoms with Crippen LogP contribution in [-0.4, -0.2) is 23.2 Å². The number of hydrogen-bond donors (Lipinski definition) is 1. The molecule has 1 atom stereocenters. The Balaban J connectivity index is 1.73. The summed E-state index contributed by atoms with van der Waals surface area (Å²) in [5.74, 6) is 0.722. The zero-order valence-electron chi connectivity index (χ0n) is 12.9. The van der Waals surface area contributed by atoms with Gasteiger partial charge in [0.05, 0.1) is 5.56 Å². The summed E-state index contributed by atoms with van der Waals surface area (Å²) in [4.78, 5) is 14.1. The molecule has 132 valence electrons. The molecule has 1 heterocycles.